The SMILES string of the molecule is O[C@](c1ccccc1)(c1ncc(C[N+]23CCC(CC2)C(OCc2ccc(Cl)c(Cl)c2)C3)o1)C1CCCC1. The lowest BCUT2D eigenvalue weighted by atomic mass is 9.80. The third-order valence-corrected chi connectivity index (χ3v) is 9.76. The number of ether oxygens (including phenoxy) is 1. The summed E-state index contributed by atoms with van der Waals surface area (Å²) in [4.78, 5) is 4.68. The normalized spacial score (nSPS) is 27.4. The summed E-state index contributed by atoms with van der Waals surface area (Å²) < 4.78 is 13.8. The summed E-state index contributed by atoms with van der Waals surface area (Å²) in [7, 11) is 0. The Balaban J connectivity index is 1.18. The lowest BCUT2D eigenvalue weighted by Crippen LogP contribution is -2.63. The smallest absolute Gasteiger partial charge is 0.231 e. The van der Waals surface area contributed by atoms with Gasteiger partial charge in [0.1, 0.15) is 19.2 Å². The zero-order chi connectivity index (χ0) is 25.5. The van der Waals surface area contributed by atoms with E-state index in [1.54, 1.807) is 0 Å². The first kappa shape index (κ1) is 25.4. The molecule has 7 heteroatoms. The maximum atomic E-state index is 12.1. The van der Waals surface area contributed by atoms with Crippen molar-refractivity contribution < 1.29 is 18.7 Å². The van der Waals surface area contributed by atoms with Crippen LogP contribution in [-0.4, -0.2) is 40.3 Å². The first-order valence-corrected chi connectivity index (χ1v) is 14.3. The average molecular weight is 543 g/mol. The number of oxazole rings is 1. The van der Waals surface area contributed by atoms with Crippen LogP contribution in [0.1, 0.15) is 61.3 Å². The Kier molecular flexibility index (Phi) is 7.10. The molecule has 5 nitrogen and oxygen atoms in total. The molecule has 4 aliphatic rings. The van der Waals surface area contributed by atoms with Crippen LogP contribution in [-0.2, 0) is 23.5 Å². The molecule has 37 heavy (non-hydrogen) atoms. The fourth-order valence-corrected chi connectivity index (χ4v) is 7.24. The van der Waals surface area contributed by atoms with Gasteiger partial charge in [0.2, 0.25) is 5.89 Å². The number of benzene rings is 2. The second kappa shape index (κ2) is 10.3. The summed E-state index contributed by atoms with van der Waals surface area (Å²) in [6, 6.07) is 15.6. The van der Waals surface area contributed by atoms with Crippen LogP contribution in [0.3, 0.4) is 0 Å². The number of halogens is 2. The van der Waals surface area contributed by atoms with Gasteiger partial charge in [0, 0.05) is 24.7 Å². The lowest BCUT2D eigenvalue weighted by Gasteiger charge is -2.52. The molecule has 4 heterocycles. The molecule has 2 aromatic carbocycles. The van der Waals surface area contributed by atoms with E-state index in [4.69, 9.17) is 32.4 Å². The van der Waals surface area contributed by atoms with E-state index in [0.29, 0.717) is 28.5 Å². The molecule has 1 N–H and O–H groups in total. The molecule has 4 fully saturated rings. The first-order valence-electron chi connectivity index (χ1n) is 13.6. The molecule has 7 rings (SSSR count). The number of fused-ring (bicyclic) bond motifs is 3. The number of aromatic nitrogens is 1. The number of hydrogen-bond donors (Lipinski definition) is 1. The summed E-state index contributed by atoms with van der Waals surface area (Å²) in [6.07, 6.45) is 8.61. The molecule has 0 spiro atoms. The number of quaternary nitrogens is 1. The third-order valence-electron chi connectivity index (χ3n) is 9.02. The Bertz CT molecular complexity index is 1220. The Hall–Kier alpha value is -1.89. The van der Waals surface area contributed by atoms with Crippen LogP contribution in [0, 0.1) is 11.8 Å². The van der Waals surface area contributed by atoms with Crippen molar-refractivity contribution in [2.45, 2.75) is 63.4 Å². The summed E-state index contributed by atoms with van der Waals surface area (Å²) in [6.45, 7) is 4.53. The Morgan fingerprint density at radius 2 is 1.76 bits per heavy atom. The minimum absolute atomic E-state index is 0.123. The number of hydrogen-bond acceptors (Lipinski definition) is 4. The highest BCUT2D eigenvalue weighted by atomic mass is 35.5. The van der Waals surface area contributed by atoms with Crippen LogP contribution < -0.4 is 0 Å². The fraction of sp³-hybridized carbons (Fsp3) is 0.500. The molecule has 1 aliphatic carbocycles. The Labute approximate surface area is 229 Å². The Morgan fingerprint density at radius 3 is 2.49 bits per heavy atom. The first-order chi connectivity index (χ1) is 18.0. The quantitative estimate of drug-likeness (QED) is 0.321. The summed E-state index contributed by atoms with van der Waals surface area (Å²) in [5.74, 6) is 2.01. The van der Waals surface area contributed by atoms with Gasteiger partial charge in [0.05, 0.1) is 35.9 Å². The van der Waals surface area contributed by atoms with E-state index in [1.807, 2.05) is 54.7 Å². The minimum atomic E-state index is -1.18. The summed E-state index contributed by atoms with van der Waals surface area (Å²) >= 11 is 12.3. The van der Waals surface area contributed by atoms with Crippen molar-refractivity contribution in [3.63, 3.8) is 0 Å². The molecule has 2 bridgehead atoms. The van der Waals surface area contributed by atoms with E-state index in [2.05, 4.69) is 4.98 Å². The predicted octanol–water partition coefficient (Wildman–Crippen LogP) is 6.73. The Morgan fingerprint density at radius 1 is 1.00 bits per heavy atom. The fourth-order valence-electron chi connectivity index (χ4n) is 6.92. The van der Waals surface area contributed by atoms with Crippen LogP contribution in [0.2, 0.25) is 10.0 Å². The van der Waals surface area contributed by atoms with Crippen molar-refractivity contribution >= 4 is 23.2 Å². The van der Waals surface area contributed by atoms with E-state index < -0.39 is 5.60 Å². The second-order valence-electron chi connectivity index (χ2n) is 11.3. The van der Waals surface area contributed by atoms with Gasteiger partial charge in [-0.2, -0.15) is 0 Å². The van der Waals surface area contributed by atoms with Gasteiger partial charge >= 0.3 is 0 Å². The average Bonchev–Trinajstić information content (AvgIpc) is 3.63. The molecular weight excluding hydrogens is 507 g/mol. The minimum Gasteiger partial charge on any atom is -0.436 e. The van der Waals surface area contributed by atoms with Crippen molar-refractivity contribution in [3.8, 4) is 0 Å². The highest BCUT2D eigenvalue weighted by Gasteiger charge is 2.48. The van der Waals surface area contributed by atoms with Crippen LogP contribution in [0.4, 0.5) is 0 Å². The molecule has 1 saturated carbocycles. The van der Waals surface area contributed by atoms with Gasteiger partial charge in [-0.1, -0.05) is 72.4 Å². The van der Waals surface area contributed by atoms with Gasteiger partial charge < -0.3 is 18.7 Å². The monoisotopic (exact) mass is 541 g/mol. The number of nitrogens with zero attached hydrogens (tertiary/aromatic N) is 2. The van der Waals surface area contributed by atoms with Gasteiger partial charge in [0.15, 0.2) is 11.4 Å². The second-order valence-corrected chi connectivity index (χ2v) is 12.1. The van der Waals surface area contributed by atoms with E-state index >= 15 is 0 Å². The standard InChI is InChI=1S/C30H35Cl2N2O3/c31-26-11-10-21(16-27(26)32)20-36-28-19-34(14-12-22(28)13-15-34)18-25-17-33-29(37-25)30(35,24-8-4-5-9-24)23-6-2-1-3-7-23/h1-3,6-7,10-11,16-17,22,24,28,35H,4-5,8-9,12-15,18-20H2/q+1/t22?,28?,30-,34?/m0/s1. The number of piperidine rings is 3. The van der Waals surface area contributed by atoms with Crippen molar-refractivity contribution in [2.24, 2.45) is 11.8 Å². The number of aliphatic hydroxyl groups is 1. The largest absolute Gasteiger partial charge is 0.436 e. The highest BCUT2D eigenvalue weighted by Crippen LogP contribution is 2.45. The molecule has 3 aliphatic heterocycles. The molecular formula is C30H35Cl2N2O3+. The van der Waals surface area contributed by atoms with E-state index in [1.165, 1.54) is 0 Å². The van der Waals surface area contributed by atoms with E-state index in [-0.39, 0.29) is 12.0 Å². The third kappa shape index (κ3) is 4.97. The van der Waals surface area contributed by atoms with Crippen molar-refractivity contribution in [1.82, 2.24) is 4.98 Å². The molecule has 196 valence electrons. The molecule has 2 atom stereocenters. The van der Waals surface area contributed by atoms with E-state index in [0.717, 1.165) is 86.1 Å². The molecule has 3 saturated heterocycles. The van der Waals surface area contributed by atoms with Crippen molar-refractivity contribution in [3.05, 3.63) is 87.6 Å². The van der Waals surface area contributed by atoms with Crippen LogP contribution in [0.25, 0.3) is 0 Å². The van der Waals surface area contributed by atoms with Crippen LogP contribution in [0.5, 0.6) is 0 Å². The van der Waals surface area contributed by atoms with Gasteiger partial charge in [-0.05, 0) is 36.1 Å². The van der Waals surface area contributed by atoms with Crippen molar-refractivity contribution in [2.75, 3.05) is 19.6 Å². The van der Waals surface area contributed by atoms with Gasteiger partial charge in [-0.25, -0.2) is 4.98 Å². The predicted molar refractivity (Wildman–Crippen MR) is 144 cm³/mol. The van der Waals surface area contributed by atoms with Gasteiger partial charge in [-0.15, -0.1) is 0 Å². The summed E-state index contributed by atoms with van der Waals surface area (Å²) in [5, 5.41) is 13.2. The topological polar surface area (TPSA) is 55.5 Å². The number of rotatable bonds is 8. The highest BCUT2D eigenvalue weighted by molar-refractivity contribution is 6.42. The maximum absolute atomic E-state index is 12.1. The van der Waals surface area contributed by atoms with Crippen molar-refractivity contribution in [1.29, 1.82) is 0 Å². The summed E-state index contributed by atoms with van der Waals surface area (Å²) in [5.41, 5.74) is 0.734. The molecule has 3 aromatic rings. The zero-order valence-corrected chi connectivity index (χ0v) is 22.6. The van der Waals surface area contributed by atoms with E-state index in [9.17, 15) is 5.11 Å². The molecule has 0 radical (unpaired) electrons. The molecule has 0 amide bonds. The van der Waals surface area contributed by atoms with Crippen LogP contribution in [0.15, 0.2) is 59.1 Å². The van der Waals surface area contributed by atoms with Gasteiger partial charge in [-0.3, -0.25) is 0 Å². The zero-order valence-electron chi connectivity index (χ0n) is 21.1. The maximum Gasteiger partial charge on any atom is 0.231 e. The van der Waals surface area contributed by atoms with Crippen LogP contribution >= 0.6 is 23.2 Å². The van der Waals surface area contributed by atoms with Gasteiger partial charge in [0.25, 0.3) is 0 Å². The molecule has 1 aromatic heterocycles. The lowest BCUT2D eigenvalue weighted by molar-refractivity contribution is -0.959. The molecule has 1 unspecified atom stereocenters.